The lowest BCUT2D eigenvalue weighted by molar-refractivity contribution is -0.118. The third kappa shape index (κ3) is 5.43. The van der Waals surface area contributed by atoms with Gasteiger partial charge >= 0.3 is 11.9 Å². The van der Waals surface area contributed by atoms with Gasteiger partial charge in [0.25, 0.3) is 0 Å². The van der Waals surface area contributed by atoms with Crippen LogP contribution in [0.25, 0.3) is 5.69 Å². The maximum atomic E-state index is 14.0. The second kappa shape index (κ2) is 11.5. The van der Waals surface area contributed by atoms with Crippen LogP contribution in [0.4, 0.5) is 5.82 Å². The molecule has 1 atom stereocenters. The second-order valence-electron chi connectivity index (χ2n) is 12.4. The first kappa shape index (κ1) is 30.0. The first-order valence-electron chi connectivity index (χ1n) is 15.1. The Labute approximate surface area is 261 Å². The van der Waals surface area contributed by atoms with Gasteiger partial charge in [-0.1, -0.05) is 55.8 Å². The number of aromatic nitrogens is 5. The molecule has 11 heteroatoms. The summed E-state index contributed by atoms with van der Waals surface area (Å²) in [5.74, 6) is -0.886. The number of allylic oxidation sites excluding steroid dienone is 2. The molecular weight excluding hydrogens is 572 g/mol. The van der Waals surface area contributed by atoms with Gasteiger partial charge in [0.15, 0.2) is 5.78 Å². The Hall–Kier alpha value is -5.06. The molecule has 3 heterocycles. The van der Waals surface area contributed by atoms with Gasteiger partial charge in [0, 0.05) is 17.7 Å². The molecule has 0 bridgehead atoms. The van der Waals surface area contributed by atoms with E-state index in [1.54, 1.807) is 40.7 Å². The molecule has 6 rings (SSSR count). The van der Waals surface area contributed by atoms with Crippen molar-refractivity contribution >= 4 is 23.5 Å². The largest absolute Gasteiger partial charge is 0.478 e. The number of hydrogen-bond acceptors (Lipinski definition) is 8. The standard InChI is InChI=1S/C34H36N6O5/c1-6-21-14-24(12-13-25(21)32(42)43)39-19-23(36-37-39)18-38-27-15-34(4,5)16-28(41)29(27)30(22-10-8-20(3)9-11-22)40-31(38)26(17-35-40)33(44)45-7-2/h8-14,17,19,30H,6-7,15-16,18H2,1-5H3,(H,42,43). The zero-order chi connectivity index (χ0) is 32.0. The molecule has 45 heavy (non-hydrogen) atoms. The molecular formula is C34H36N6O5. The molecule has 0 fully saturated rings. The first-order valence-corrected chi connectivity index (χ1v) is 15.1. The molecule has 4 aromatic rings. The molecule has 0 radical (unpaired) electrons. The molecule has 0 spiro atoms. The summed E-state index contributed by atoms with van der Waals surface area (Å²) in [6, 6.07) is 12.6. The number of carbonyl (C=O) groups is 3. The predicted octanol–water partition coefficient (Wildman–Crippen LogP) is 5.46. The van der Waals surface area contributed by atoms with E-state index < -0.39 is 18.0 Å². The highest BCUT2D eigenvalue weighted by Crippen LogP contribution is 2.49. The average Bonchev–Trinajstić information content (AvgIpc) is 3.65. The fourth-order valence-electron chi connectivity index (χ4n) is 6.38. The van der Waals surface area contributed by atoms with Crippen LogP contribution in [0, 0.1) is 12.3 Å². The molecule has 2 aromatic heterocycles. The van der Waals surface area contributed by atoms with Crippen LogP contribution in [0.3, 0.4) is 0 Å². The van der Waals surface area contributed by atoms with Gasteiger partial charge < -0.3 is 14.7 Å². The number of aryl methyl sites for hydroxylation is 2. The van der Waals surface area contributed by atoms with Gasteiger partial charge in [-0.3, -0.25) is 4.79 Å². The van der Waals surface area contributed by atoms with Gasteiger partial charge in [-0.05, 0) is 61.4 Å². The number of carbonyl (C=O) groups excluding carboxylic acids is 2. The number of carboxylic acids is 1. The highest BCUT2D eigenvalue weighted by Gasteiger charge is 2.45. The number of carboxylic acid groups (broad SMARTS) is 1. The monoisotopic (exact) mass is 608 g/mol. The Kier molecular flexibility index (Phi) is 7.64. The van der Waals surface area contributed by atoms with Crippen LogP contribution in [0.2, 0.25) is 0 Å². The van der Waals surface area contributed by atoms with E-state index in [2.05, 4.69) is 29.3 Å². The maximum Gasteiger partial charge on any atom is 0.343 e. The number of esters is 1. The van der Waals surface area contributed by atoms with Crippen molar-refractivity contribution in [1.29, 1.82) is 0 Å². The molecule has 2 aromatic carbocycles. The van der Waals surface area contributed by atoms with Crippen molar-refractivity contribution in [1.82, 2.24) is 24.8 Å². The SMILES string of the molecule is CCOC(=O)c1cnn2c1N(Cc1cn(-c3ccc(C(=O)O)c(CC)c3)nn1)C1=C(C(=O)CC(C)(C)C1)C2c1ccc(C)cc1. The van der Waals surface area contributed by atoms with Crippen LogP contribution in [0.5, 0.6) is 0 Å². The number of rotatable bonds is 8. The average molecular weight is 609 g/mol. The van der Waals surface area contributed by atoms with Crippen LogP contribution in [-0.4, -0.2) is 54.2 Å². The molecule has 232 valence electrons. The van der Waals surface area contributed by atoms with E-state index in [-0.39, 0.29) is 29.9 Å². The summed E-state index contributed by atoms with van der Waals surface area (Å²) in [6.45, 7) is 10.3. The molecule has 0 saturated heterocycles. The van der Waals surface area contributed by atoms with Gasteiger partial charge in [-0.25, -0.2) is 19.0 Å². The van der Waals surface area contributed by atoms with Crippen LogP contribution in [0.15, 0.2) is 66.1 Å². The minimum Gasteiger partial charge on any atom is -0.478 e. The minimum atomic E-state index is -0.977. The van der Waals surface area contributed by atoms with Crippen molar-refractivity contribution in [3.63, 3.8) is 0 Å². The van der Waals surface area contributed by atoms with Crippen LogP contribution in [0.1, 0.15) is 89.7 Å². The lowest BCUT2D eigenvalue weighted by Gasteiger charge is -2.44. The van der Waals surface area contributed by atoms with Gasteiger partial charge in [0.2, 0.25) is 0 Å². The number of hydrogen-bond donors (Lipinski definition) is 1. The van der Waals surface area contributed by atoms with Crippen LogP contribution >= 0.6 is 0 Å². The van der Waals surface area contributed by atoms with Gasteiger partial charge in [-0.2, -0.15) is 5.10 Å². The lowest BCUT2D eigenvalue weighted by atomic mass is 9.72. The van der Waals surface area contributed by atoms with Crippen molar-refractivity contribution in [2.24, 2.45) is 5.41 Å². The second-order valence-corrected chi connectivity index (χ2v) is 12.4. The summed E-state index contributed by atoms with van der Waals surface area (Å²) in [5, 5.41) is 23.0. The highest BCUT2D eigenvalue weighted by atomic mass is 16.5. The number of nitrogens with zero attached hydrogens (tertiary/aromatic N) is 6. The number of ketones is 1. The Morgan fingerprint density at radius 2 is 1.82 bits per heavy atom. The smallest absolute Gasteiger partial charge is 0.343 e. The van der Waals surface area contributed by atoms with E-state index >= 15 is 0 Å². The summed E-state index contributed by atoms with van der Waals surface area (Å²) in [4.78, 5) is 40.9. The minimum absolute atomic E-state index is 0.0462. The maximum absolute atomic E-state index is 14.0. The Morgan fingerprint density at radius 3 is 2.51 bits per heavy atom. The van der Waals surface area contributed by atoms with Crippen molar-refractivity contribution in [2.45, 2.75) is 66.5 Å². The van der Waals surface area contributed by atoms with Gasteiger partial charge in [-0.15, -0.1) is 5.10 Å². The van der Waals surface area contributed by atoms with Crippen molar-refractivity contribution in [3.05, 3.63) is 99.6 Å². The summed E-state index contributed by atoms with van der Waals surface area (Å²) in [5.41, 5.74) is 5.71. The topological polar surface area (TPSA) is 132 Å². The Morgan fingerprint density at radius 1 is 1.07 bits per heavy atom. The van der Waals surface area contributed by atoms with Gasteiger partial charge in [0.1, 0.15) is 23.1 Å². The number of Topliss-reactive ketones (excluding diaryl/α,β-unsaturated/α-hetero) is 1. The number of aromatic carboxylic acids is 1. The summed E-state index contributed by atoms with van der Waals surface area (Å²) in [7, 11) is 0. The first-order chi connectivity index (χ1) is 21.5. The van der Waals surface area contributed by atoms with E-state index in [1.807, 2.05) is 43.0 Å². The van der Waals surface area contributed by atoms with Crippen molar-refractivity contribution in [3.8, 4) is 5.69 Å². The van der Waals surface area contributed by atoms with E-state index in [9.17, 15) is 19.5 Å². The molecule has 11 nitrogen and oxygen atoms in total. The number of fused-ring (bicyclic) bond motifs is 1. The quantitative estimate of drug-likeness (QED) is 0.259. The van der Waals surface area contributed by atoms with E-state index in [0.717, 1.165) is 16.8 Å². The Balaban J connectivity index is 1.49. The molecule has 1 aliphatic carbocycles. The Bertz CT molecular complexity index is 1850. The third-order valence-corrected chi connectivity index (χ3v) is 8.48. The highest BCUT2D eigenvalue weighted by molar-refractivity contribution is 6.02. The van der Waals surface area contributed by atoms with Crippen LogP contribution in [-0.2, 0) is 22.5 Å². The summed E-state index contributed by atoms with van der Waals surface area (Å²) >= 11 is 0. The van der Waals surface area contributed by atoms with Crippen molar-refractivity contribution < 1.29 is 24.2 Å². The van der Waals surface area contributed by atoms with Crippen molar-refractivity contribution in [2.75, 3.05) is 11.5 Å². The molecule has 2 aliphatic rings. The number of ether oxygens (including phenoxy) is 1. The molecule has 0 saturated carbocycles. The predicted molar refractivity (Wildman–Crippen MR) is 166 cm³/mol. The molecule has 1 unspecified atom stereocenters. The van der Waals surface area contributed by atoms with E-state index in [4.69, 9.17) is 4.74 Å². The van der Waals surface area contributed by atoms with E-state index in [1.165, 1.54) is 6.20 Å². The summed E-state index contributed by atoms with van der Waals surface area (Å²) < 4.78 is 8.80. The summed E-state index contributed by atoms with van der Waals surface area (Å²) in [6.07, 6.45) is 4.85. The fraction of sp³-hybridized carbons (Fsp3) is 0.353. The zero-order valence-electron chi connectivity index (χ0n) is 26.1. The molecule has 1 N–H and O–H groups in total. The normalized spacial score (nSPS) is 17.2. The zero-order valence-corrected chi connectivity index (χ0v) is 26.1. The number of anilines is 1. The van der Waals surface area contributed by atoms with E-state index in [0.29, 0.717) is 53.2 Å². The third-order valence-electron chi connectivity index (χ3n) is 8.48. The molecule has 0 amide bonds. The van der Waals surface area contributed by atoms with Crippen LogP contribution < -0.4 is 4.90 Å². The fourth-order valence-corrected chi connectivity index (χ4v) is 6.38. The molecule has 1 aliphatic heterocycles. The lowest BCUT2D eigenvalue weighted by Crippen LogP contribution is -2.42. The number of benzene rings is 2. The van der Waals surface area contributed by atoms with Gasteiger partial charge in [0.05, 0.1) is 36.8 Å².